The molecule has 2 atom stereocenters. The van der Waals surface area contributed by atoms with Crippen molar-refractivity contribution in [2.75, 3.05) is 19.8 Å². The highest BCUT2D eigenvalue weighted by Crippen LogP contribution is 2.45. The second-order valence-corrected chi connectivity index (χ2v) is 6.31. The summed E-state index contributed by atoms with van der Waals surface area (Å²) in [5.74, 6) is 0. The van der Waals surface area contributed by atoms with Crippen LogP contribution in [0.4, 0.5) is 0 Å². The van der Waals surface area contributed by atoms with E-state index in [0.717, 1.165) is 19.6 Å². The molecule has 0 aliphatic carbocycles. The lowest BCUT2D eigenvalue weighted by Gasteiger charge is -2.40. The Kier molecular flexibility index (Phi) is 2.74. The molecule has 5 heteroatoms. The zero-order chi connectivity index (χ0) is 11.9. The number of ether oxygens (including phenoxy) is 2. The predicted molar refractivity (Wildman–Crippen MR) is 66.2 cm³/mol. The van der Waals surface area contributed by atoms with Gasteiger partial charge < -0.3 is 14.8 Å². The minimum absolute atomic E-state index is 0.0953. The van der Waals surface area contributed by atoms with E-state index in [1.54, 1.807) is 11.5 Å². The molecule has 17 heavy (non-hydrogen) atoms. The number of aromatic nitrogens is 1. The summed E-state index contributed by atoms with van der Waals surface area (Å²) < 4.78 is 16.2. The third-order valence-corrected chi connectivity index (χ3v) is 4.35. The maximum absolute atomic E-state index is 6.09. The van der Waals surface area contributed by atoms with Crippen LogP contribution in [0.1, 0.15) is 31.2 Å². The number of morpholine rings is 1. The molecule has 2 aliphatic rings. The van der Waals surface area contributed by atoms with Gasteiger partial charge in [-0.2, -0.15) is 0 Å². The molecule has 0 bridgehead atoms. The van der Waals surface area contributed by atoms with E-state index in [-0.39, 0.29) is 17.2 Å². The summed E-state index contributed by atoms with van der Waals surface area (Å²) in [5.41, 5.74) is -0.309. The quantitative estimate of drug-likeness (QED) is 0.829. The van der Waals surface area contributed by atoms with E-state index in [1.807, 2.05) is 6.20 Å². The number of nitrogens with zero attached hydrogens (tertiary/aromatic N) is 1. The molecule has 2 unspecified atom stereocenters. The highest BCUT2D eigenvalue weighted by Gasteiger charge is 2.52. The fraction of sp³-hybridized carbons (Fsp3) is 0.750. The van der Waals surface area contributed by atoms with Gasteiger partial charge >= 0.3 is 0 Å². The standard InChI is InChI=1S/C12H18N2O2S/c1-11(2)7-12(8-16-11)10(13-5-6-15-12)9-3-4-14-17-9/h3-4,10,13H,5-8H2,1-2H3. The Bertz CT molecular complexity index is 393. The molecule has 4 nitrogen and oxygen atoms in total. The zero-order valence-electron chi connectivity index (χ0n) is 10.2. The van der Waals surface area contributed by atoms with E-state index < -0.39 is 0 Å². The molecule has 2 aliphatic heterocycles. The van der Waals surface area contributed by atoms with Crippen molar-refractivity contribution in [2.45, 2.75) is 37.5 Å². The fourth-order valence-electron chi connectivity index (χ4n) is 2.88. The molecule has 1 spiro atoms. The van der Waals surface area contributed by atoms with Crippen LogP contribution < -0.4 is 5.32 Å². The zero-order valence-corrected chi connectivity index (χ0v) is 11.0. The van der Waals surface area contributed by atoms with Crippen LogP contribution in [0.15, 0.2) is 12.3 Å². The van der Waals surface area contributed by atoms with Crippen LogP contribution in [0.25, 0.3) is 0 Å². The molecule has 2 fully saturated rings. The molecule has 3 heterocycles. The van der Waals surface area contributed by atoms with Crippen molar-refractivity contribution in [3.8, 4) is 0 Å². The molecule has 94 valence electrons. The Hall–Kier alpha value is -0.490. The summed E-state index contributed by atoms with van der Waals surface area (Å²) in [6.07, 6.45) is 2.78. The minimum Gasteiger partial charge on any atom is -0.372 e. The van der Waals surface area contributed by atoms with Crippen LogP contribution in [-0.4, -0.2) is 35.3 Å². The Morgan fingerprint density at radius 3 is 3.00 bits per heavy atom. The molecular formula is C12H18N2O2S. The summed E-state index contributed by atoms with van der Waals surface area (Å²) >= 11 is 1.54. The van der Waals surface area contributed by atoms with Crippen LogP contribution in [0, 0.1) is 0 Å². The molecule has 3 rings (SSSR count). The van der Waals surface area contributed by atoms with Crippen molar-refractivity contribution in [3.63, 3.8) is 0 Å². The van der Waals surface area contributed by atoms with Crippen molar-refractivity contribution in [3.05, 3.63) is 17.1 Å². The third kappa shape index (κ3) is 2.01. The first-order valence-corrected chi connectivity index (χ1v) is 6.81. The fourth-order valence-corrected chi connectivity index (χ4v) is 3.65. The van der Waals surface area contributed by atoms with Gasteiger partial charge in [-0.1, -0.05) is 0 Å². The summed E-state index contributed by atoms with van der Waals surface area (Å²) in [6.45, 7) is 6.57. The normalized spacial score (nSPS) is 36.5. The van der Waals surface area contributed by atoms with E-state index in [4.69, 9.17) is 9.47 Å². The molecule has 1 aromatic heterocycles. The van der Waals surface area contributed by atoms with Crippen molar-refractivity contribution in [1.29, 1.82) is 0 Å². The SMILES string of the molecule is CC1(C)CC2(CO1)OCCNC2c1ccns1. The smallest absolute Gasteiger partial charge is 0.114 e. The third-order valence-electron chi connectivity index (χ3n) is 3.54. The maximum Gasteiger partial charge on any atom is 0.114 e. The van der Waals surface area contributed by atoms with Gasteiger partial charge in [0.25, 0.3) is 0 Å². The first-order chi connectivity index (χ1) is 8.11. The van der Waals surface area contributed by atoms with Gasteiger partial charge in [-0.05, 0) is 31.4 Å². The van der Waals surface area contributed by atoms with Gasteiger partial charge in [-0.3, -0.25) is 0 Å². The number of hydrogen-bond donors (Lipinski definition) is 1. The van der Waals surface area contributed by atoms with E-state index >= 15 is 0 Å². The van der Waals surface area contributed by atoms with Crippen LogP contribution >= 0.6 is 11.5 Å². The molecule has 0 saturated carbocycles. The van der Waals surface area contributed by atoms with Crippen molar-refractivity contribution in [1.82, 2.24) is 9.69 Å². The summed E-state index contributed by atoms with van der Waals surface area (Å²) in [7, 11) is 0. The first-order valence-electron chi connectivity index (χ1n) is 6.03. The Labute approximate surface area is 105 Å². The lowest BCUT2D eigenvalue weighted by atomic mass is 9.85. The van der Waals surface area contributed by atoms with Crippen molar-refractivity contribution >= 4 is 11.5 Å². The maximum atomic E-state index is 6.09. The van der Waals surface area contributed by atoms with Crippen LogP contribution in [0.2, 0.25) is 0 Å². The highest BCUT2D eigenvalue weighted by atomic mass is 32.1. The van der Waals surface area contributed by atoms with Gasteiger partial charge in [0.1, 0.15) is 5.60 Å². The van der Waals surface area contributed by atoms with E-state index in [2.05, 4.69) is 29.6 Å². The van der Waals surface area contributed by atoms with Gasteiger partial charge in [0.05, 0.1) is 24.9 Å². The van der Waals surface area contributed by atoms with Gasteiger partial charge in [-0.25, -0.2) is 4.37 Å². The first kappa shape index (κ1) is 11.6. The van der Waals surface area contributed by atoms with Gasteiger partial charge in [0.15, 0.2) is 0 Å². The number of rotatable bonds is 1. The van der Waals surface area contributed by atoms with E-state index in [1.165, 1.54) is 4.88 Å². The van der Waals surface area contributed by atoms with Crippen LogP contribution in [-0.2, 0) is 9.47 Å². The summed E-state index contributed by atoms with van der Waals surface area (Å²) in [6, 6.07) is 2.29. The van der Waals surface area contributed by atoms with Crippen LogP contribution in [0.3, 0.4) is 0 Å². The van der Waals surface area contributed by atoms with Gasteiger partial charge in [0.2, 0.25) is 0 Å². The number of nitrogens with one attached hydrogen (secondary N) is 1. The molecule has 1 N–H and O–H groups in total. The Morgan fingerprint density at radius 2 is 2.35 bits per heavy atom. The van der Waals surface area contributed by atoms with E-state index in [0.29, 0.717) is 6.61 Å². The Balaban J connectivity index is 1.91. The summed E-state index contributed by atoms with van der Waals surface area (Å²) in [4.78, 5) is 1.24. The summed E-state index contributed by atoms with van der Waals surface area (Å²) in [5, 5.41) is 3.56. The largest absolute Gasteiger partial charge is 0.372 e. The molecule has 0 aromatic carbocycles. The van der Waals surface area contributed by atoms with E-state index in [9.17, 15) is 0 Å². The monoisotopic (exact) mass is 254 g/mol. The average Bonchev–Trinajstić information content (AvgIpc) is 2.88. The van der Waals surface area contributed by atoms with Crippen LogP contribution in [0.5, 0.6) is 0 Å². The second-order valence-electron chi connectivity index (χ2n) is 5.44. The minimum atomic E-state index is -0.214. The van der Waals surface area contributed by atoms with Gasteiger partial charge in [-0.15, -0.1) is 0 Å². The predicted octanol–water partition coefficient (Wildman–Crippen LogP) is 1.74. The molecule has 0 radical (unpaired) electrons. The molecular weight excluding hydrogens is 236 g/mol. The number of hydrogen-bond acceptors (Lipinski definition) is 5. The molecule has 2 saturated heterocycles. The Morgan fingerprint density at radius 1 is 1.47 bits per heavy atom. The molecule has 0 amide bonds. The molecule has 1 aromatic rings. The lowest BCUT2D eigenvalue weighted by molar-refractivity contribution is -0.0984. The topological polar surface area (TPSA) is 43.4 Å². The second kappa shape index (κ2) is 4.02. The van der Waals surface area contributed by atoms with Gasteiger partial charge in [0, 0.05) is 24.0 Å². The average molecular weight is 254 g/mol. The lowest BCUT2D eigenvalue weighted by Crippen LogP contribution is -2.53. The van der Waals surface area contributed by atoms with Crippen molar-refractivity contribution < 1.29 is 9.47 Å². The van der Waals surface area contributed by atoms with Crippen molar-refractivity contribution in [2.24, 2.45) is 0 Å². The highest BCUT2D eigenvalue weighted by molar-refractivity contribution is 7.05.